The maximum atomic E-state index is 5.80. The molecule has 0 amide bonds. The Morgan fingerprint density at radius 1 is 1.54 bits per heavy atom. The molecule has 2 N–H and O–H groups in total. The van der Waals surface area contributed by atoms with Crippen molar-refractivity contribution in [2.24, 2.45) is 0 Å². The summed E-state index contributed by atoms with van der Waals surface area (Å²) in [7, 11) is 4.04. The van der Waals surface area contributed by atoms with Crippen molar-refractivity contribution < 1.29 is 0 Å². The second-order valence-electron chi connectivity index (χ2n) is 3.84. The molecule has 0 saturated heterocycles. The molecule has 0 unspecified atom stereocenters. The van der Waals surface area contributed by atoms with E-state index in [0.717, 1.165) is 18.1 Å². The van der Waals surface area contributed by atoms with E-state index >= 15 is 0 Å². The molecule has 1 heterocycles. The van der Waals surface area contributed by atoms with Crippen LogP contribution >= 0.6 is 0 Å². The van der Waals surface area contributed by atoms with Crippen LogP contribution in [0.25, 0.3) is 0 Å². The third kappa shape index (κ3) is 2.45. The van der Waals surface area contributed by atoms with Crippen molar-refractivity contribution in [1.29, 1.82) is 0 Å². The van der Waals surface area contributed by atoms with E-state index in [9.17, 15) is 0 Å². The van der Waals surface area contributed by atoms with E-state index in [1.165, 1.54) is 0 Å². The number of rotatable bonds is 3. The minimum Gasteiger partial charge on any atom is -0.384 e. The first kappa shape index (κ1) is 10.1. The molecule has 0 spiro atoms. The summed E-state index contributed by atoms with van der Waals surface area (Å²) in [5.41, 5.74) is 6.82. The lowest BCUT2D eigenvalue weighted by Crippen LogP contribution is -2.12. The summed E-state index contributed by atoms with van der Waals surface area (Å²) < 4.78 is 1.85. The maximum absolute atomic E-state index is 5.80. The Bertz CT molecular complexity index is 275. The molecule has 0 bridgehead atoms. The highest BCUT2D eigenvalue weighted by molar-refractivity contribution is 5.31. The minimum atomic E-state index is 0.330. The lowest BCUT2D eigenvalue weighted by molar-refractivity contribution is 0.391. The summed E-state index contributed by atoms with van der Waals surface area (Å²) in [4.78, 5) is 2.08. The highest BCUT2D eigenvalue weighted by atomic mass is 15.3. The van der Waals surface area contributed by atoms with E-state index in [4.69, 9.17) is 5.73 Å². The van der Waals surface area contributed by atoms with Gasteiger partial charge in [-0.05, 0) is 27.9 Å². The Balaban J connectivity index is 2.82. The number of hydrogen-bond acceptors (Lipinski definition) is 3. The van der Waals surface area contributed by atoms with Crippen LogP contribution in [0.5, 0.6) is 0 Å². The van der Waals surface area contributed by atoms with Crippen molar-refractivity contribution in [3.8, 4) is 0 Å². The molecule has 74 valence electrons. The van der Waals surface area contributed by atoms with Crippen molar-refractivity contribution in [1.82, 2.24) is 14.7 Å². The smallest absolute Gasteiger partial charge is 0.122 e. The average molecular weight is 182 g/mol. The molecular weight excluding hydrogens is 164 g/mol. The van der Waals surface area contributed by atoms with Crippen LogP contribution in [-0.2, 0) is 6.54 Å². The lowest BCUT2D eigenvalue weighted by Gasteiger charge is -2.08. The van der Waals surface area contributed by atoms with E-state index in [2.05, 4.69) is 23.8 Å². The summed E-state index contributed by atoms with van der Waals surface area (Å²) in [5.74, 6) is 0.742. The molecule has 4 heteroatoms. The van der Waals surface area contributed by atoms with Gasteiger partial charge in [-0.25, -0.2) is 4.68 Å². The number of hydrogen-bond donors (Lipinski definition) is 1. The van der Waals surface area contributed by atoms with Gasteiger partial charge < -0.3 is 10.6 Å². The lowest BCUT2D eigenvalue weighted by atomic mass is 10.4. The Hall–Kier alpha value is -1.03. The fourth-order valence-electron chi connectivity index (χ4n) is 1.28. The van der Waals surface area contributed by atoms with Crippen molar-refractivity contribution in [3.05, 3.63) is 11.8 Å². The molecule has 0 aliphatic heterocycles. The van der Waals surface area contributed by atoms with Gasteiger partial charge in [-0.1, -0.05) is 0 Å². The molecule has 0 aromatic carbocycles. The summed E-state index contributed by atoms with van der Waals surface area (Å²) in [6.07, 6.45) is 0. The van der Waals surface area contributed by atoms with Crippen LogP contribution in [0.15, 0.2) is 6.07 Å². The van der Waals surface area contributed by atoms with Crippen LogP contribution in [0, 0.1) is 0 Å². The highest BCUT2D eigenvalue weighted by Crippen LogP contribution is 2.13. The second kappa shape index (κ2) is 3.79. The van der Waals surface area contributed by atoms with Gasteiger partial charge in [-0.3, -0.25) is 0 Å². The van der Waals surface area contributed by atoms with Gasteiger partial charge in [0.25, 0.3) is 0 Å². The van der Waals surface area contributed by atoms with E-state index in [0.29, 0.717) is 6.04 Å². The zero-order valence-corrected chi connectivity index (χ0v) is 8.78. The van der Waals surface area contributed by atoms with Crippen LogP contribution in [-0.4, -0.2) is 28.8 Å². The zero-order chi connectivity index (χ0) is 10.0. The molecule has 1 aromatic rings. The van der Waals surface area contributed by atoms with E-state index < -0.39 is 0 Å². The van der Waals surface area contributed by atoms with Gasteiger partial charge in [0.15, 0.2) is 0 Å². The molecule has 0 aliphatic rings. The summed E-state index contributed by atoms with van der Waals surface area (Å²) in [6, 6.07) is 2.26. The normalized spacial score (nSPS) is 11.5. The van der Waals surface area contributed by atoms with Crippen LogP contribution < -0.4 is 5.73 Å². The quantitative estimate of drug-likeness (QED) is 0.761. The van der Waals surface area contributed by atoms with Gasteiger partial charge in [-0.15, -0.1) is 0 Å². The minimum absolute atomic E-state index is 0.330. The third-order valence-corrected chi connectivity index (χ3v) is 1.78. The zero-order valence-electron chi connectivity index (χ0n) is 8.78. The SMILES string of the molecule is CC(C)n1nc(CN(C)C)cc1N. The fourth-order valence-corrected chi connectivity index (χ4v) is 1.28. The first-order valence-electron chi connectivity index (χ1n) is 4.49. The number of nitrogens with zero attached hydrogens (tertiary/aromatic N) is 3. The topological polar surface area (TPSA) is 47.1 Å². The number of nitrogen functional groups attached to an aromatic ring is 1. The molecule has 0 saturated carbocycles. The maximum Gasteiger partial charge on any atom is 0.122 e. The monoisotopic (exact) mass is 182 g/mol. The van der Waals surface area contributed by atoms with Gasteiger partial charge in [-0.2, -0.15) is 5.10 Å². The molecule has 4 nitrogen and oxygen atoms in total. The second-order valence-corrected chi connectivity index (χ2v) is 3.84. The van der Waals surface area contributed by atoms with Gasteiger partial charge in [0.2, 0.25) is 0 Å². The first-order valence-corrected chi connectivity index (χ1v) is 4.49. The number of aromatic nitrogens is 2. The Kier molecular flexibility index (Phi) is 2.93. The molecule has 1 aromatic heterocycles. The Labute approximate surface area is 79.3 Å². The largest absolute Gasteiger partial charge is 0.384 e. The third-order valence-electron chi connectivity index (χ3n) is 1.78. The van der Waals surface area contributed by atoms with Crippen LogP contribution in [0.2, 0.25) is 0 Å². The molecule has 0 radical (unpaired) electrons. The number of anilines is 1. The van der Waals surface area contributed by atoms with Crippen LogP contribution in [0.4, 0.5) is 5.82 Å². The van der Waals surface area contributed by atoms with E-state index in [-0.39, 0.29) is 0 Å². The van der Waals surface area contributed by atoms with E-state index in [1.807, 2.05) is 24.8 Å². The average Bonchev–Trinajstić information content (AvgIpc) is 2.29. The van der Waals surface area contributed by atoms with Crippen molar-refractivity contribution in [2.45, 2.75) is 26.4 Å². The first-order chi connectivity index (χ1) is 6.00. The Morgan fingerprint density at radius 3 is 2.54 bits per heavy atom. The van der Waals surface area contributed by atoms with Crippen molar-refractivity contribution in [3.63, 3.8) is 0 Å². The highest BCUT2D eigenvalue weighted by Gasteiger charge is 2.07. The fraction of sp³-hybridized carbons (Fsp3) is 0.667. The summed E-state index contributed by atoms with van der Waals surface area (Å²) in [5, 5.41) is 4.40. The molecule has 0 atom stereocenters. The molecule has 13 heavy (non-hydrogen) atoms. The van der Waals surface area contributed by atoms with Crippen LogP contribution in [0.1, 0.15) is 25.6 Å². The van der Waals surface area contributed by atoms with Gasteiger partial charge in [0, 0.05) is 18.7 Å². The number of nitrogens with two attached hydrogens (primary N) is 1. The van der Waals surface area contributed by atoms with Crippen molar-refractivity contribution >= 4 is 5.82 Å². The van der Waals surface area contributed by atoms with Gasteiger partial charge >= 0.3 is 0 Å². The van der Waals surface area contributed by atoms with Gasteiger partial charge in [0.05, 0.1) is 5.69 Å². The molecular formula is C9H18N4. The predicted molar refractivity (Wildman–Crippen MR) is 54.4 cm³/mol. The molecule has 0 fully saturated rings. The molecule has 1 rings (SSSR count). The van der Waals surface area contributed by atoms with Gasteiger partial charge in [0.1, 0.15) is 5.82 Å². The predicted octanol–water partition coefficient (Wildman–Crippen LogP) is 1.11. The van der Waals surface area contributed by atoms with E-state index in [1.54, 1.807) is 0 Å². The van der Waals surface area contributed by atoms with Crippen LogP contribution in [0.3, 0.4) is 0 Å². The molecule has 0 aliphatic carbocycles. The van der Waals surface area contributed by atoms with Crippen molar-refractivity contribution in [2.75, 3.05) is 19.8 Å². The standard InChI is InChI=1S/C9H18N4/c1-7(2)13-9(10)5-8(11-13)6-12(3)4/h5,7H,6,10H2,1-4H3. The Morgan fingerprint density at radius 2 is 2.15 bits per heavy atom. The summed E-state index contributed by atoms with van der Waals surface area (Å²) >= 11 is 0. The summed E-state index contributed by atoms with van der Waals surface area (Å²) in [6.45, 7) is 4.98.